The van der Waals surface area contributed by atoms with E-state index in [1.165, 1.54) is 7.11 Å². The fourth-order valence-electron chi connectivity index (χ4n) is 1.94. The molecule has 0 saturated carbocycles. The van der Waals surface area contributed by atoms with Crippen molar-refractivity contribution in [1.82, 2.24) is 10.6 Å². The molecule has 124 valence electrons. The van der Waals surface area contributed by atoms with E-state index in [9.17, 15) is 19.2 Å². The molecule has 0 heterocycles. The molecule has 0 bridgehead atoms. The molecule has 1 aromatic carbocycles. The lowest BCUT2D eigenvalue weighted by atomic mass is 10.1. The summed E-state index contributed by atoms with van der Waals surface area (Å²) in [5.74, 6) is -2.69. The van der Waals surface area contributed by atoms with Gasteiger partial charge in [0.1, 0.15) is 12.1 Å². The number of carbonyl (C=O) groups excluding carboxylic acids is 3. The van der Waals surface area contributed by atoms with Gasteiger partial charge in [0.15, 0.2) is 0 Å². The van der Waals surface area contributed by atoms with Crippen molar-refractivity contribution in [3.63, 3.8) is 0 Å². The summed E-state index contributed by atoms with van der Waals surface area (Å²) in [5, 5.41) is 13.3. The van der Waals surface area contributed by atoms with Gasteiger partial charge in [0, 0.05) is 6.42 Å². The van der Waals surface area contributed by atoms with Gasteiger partial charge in [-0.1, -0.05) is 30.3 Å². The summed E-state index contributed by atoms with van der Waals surface area (Å²) >= 11 is 0. The molecule has 0 aliphatic heterocycles. The van der Waals surface area contributed by atoms with Crippen molar-refractivity contribution in [2.24, 2.45) is 0 Å². The van der Waals surface area contributed by atoms with E-state index in [-0.39, 0.29) is 12.8 Å². The Morgan fingerprint density at radius 2 is 1.87 bits per heavy atom. The number of carboxylic acids is 1. The van der Waals surface area contributed by atoms with Gasteiger partial charge >= 0.3 is 11.9 Å². The van der Waals surface area contributed by atoms with E-state index in [0.29, 0.717) is 0 Å². The van der Waals surface area contributed by atoms with Crippen LogP contribution in [-0.4, -0.2) is 48.6 Å². The van der Waals surface area contributed by atoms with Gasteiger partial charge in [-0.25, -0.2) is 4.79 Å². The molecule has 0 saturated heterocycles. The molecule has 0 spiro atoms. The van der Waals surface area contributed by atoms with E-state index in [1.807, 2.05) is 6.07 Å². The topological polar surface area (TPSA) is 122 Å². The molecule has 23 heavy (non-hydrogen) atoms. The monoisotopic (exact) mass is 322 g/mol. The Kier molecular flexibility index (Phi) is 7.25. The third kappa shape index (κ3) is 6.16. The number of esters is 1. The van der Waals surface area contributed by atoms with Crippen molar-refractivity contribution in [3.8, 4) is 0 Å². The highest BCUT2D eigenvalue weighted by atomic mass is 16.5. The number of ether oxygens (including phenoxy) is 1. The predicted octanol–water partition coefficient (Wildman–Crippen LogP) is -0.524. The van der Waals surface area contributed by atoms with Crippen LogP contribution in [-0.2, 0) is 30.3 Å². The highest BCUT2D eigenvalue weighted by Crippen LogP contribution is 2.05. The molecule has 0 unspecified atom stereocenters. The number of aliphatic carboxylic acids is 1. The third-order valence-corrected chi connectivity index (χ3v) is 3.05. The average molecular weight is 322 g/mol. The summed E-state index contributed by atoms with van der Waals surface area (Å²) in [5.41, 5.74) is 0.793. The molecule has 8 nitrogen and oxygen atoms in total. The lowest BCUT2D eigenvalue weighted by molar-refractivity contribution is -0.145. The van der Waals surface area contributed by atoms with E-state index in [2.05, 4.69) is 15.4 Å². The normalized spacial score (nSPS) is 12.6. The maximum atomic E-state index is 12.1. The zero-order valence-corrected chi connectivity index (χ0v) is 12.5. The largest absolute Gasteiger partial charge is 0.481 e. The van der Waals surface area contributed by atoms with Crippen LogP contribution >= 0.6 is 0 Å². The summed E-state index contributed by atoms with van der Waals surface area (Å²) in [6.07, 6.45) is -0.179. The SMILES string of the molecule is COC(=O)[C@H](Cc1ccccc1)NC(=O)[C@H](CC(=O)O)NC=O. The summed E-state index contributed by atoms with van der Waals surface area (Å²) in [7, 11) is 1.19. The Balaban J connectivity index is 2.82. The maximum absolute atomic E-state index is 12.1. The second-order valence-electron chi connectivity index (χ2n) is 4.71. The number of rotatable bonds is 9. The van der Waals surface area contributed by atoms with E-state index < -0.39 is 36.4 Å². The fraction of sp³-hybridized carbons (Fsp3) is 0.333. The van der Waals surface area contributed by atoms with Crippen molar-refractivity contribution in [1.29, 1.82) is 0 Å². The molecule has 0 radical (unpaired) electrons. The number of carboxylic acid groups (broad SMARTS) is 1. The number of methoxy groups -OCH3 is 1. The van der Waals surface area contributed by atoms with Gasteiger partial charge in [0.25, 0.3) is 0 Å². The minimum Gasteiger partial charge on any atom is -0.481 e. The van der Waals surface area contributed by atoms with Crippen LogP contribution < -0.4 is 10.6 Å². The van der Waals surface area contributed by atoms with Crippen molar-refractivity contribution in [2.75, 3.05) is 7.11 Å². The smallest absolute Gasteiger partial charge is 0.328 e. The third-order valence-electron chi connectivity index (χ3n) is 3.05. The Morgan fingerprint density at radius 1 is 1.22 bits per heavy atom. The average Bonchev–Trinajstić information content (AvgIpc) is 2.53. The number of amides is 2. The molecule has 0 fully saturated rings. The van der Waals surface area contributed by atoms with Crippen molar-refractivity contribution in [2.45, 2.75) is 24.9 Å². The lowest BCUT2D eigenvalue weighted by Crippen LogP contribution is -2.51. The van der Waals surface area contributed by atoms with E-state index >= 15 is 0 Å². The molecule has 2 atom stereocenters. The van der Waals surface area contributed by atoms with Crippen LogP contribution in [0.3, 0.4) is 0 Å². The van der Waals surface area contributed by atoms with Gasteiger partial charge in [-0.3, -0.25) is 14.4 Å². The maximum Gasteiger partial charge on any atom is 0.328 e. The standard InChI is InChI=1S/C15H18N2O6/c1-23-15(22)12(7-10-5-3-2-4-6-10)17-14(21)11(16-9-18)8-13(19)20/h2-6,9,11-12H,7-8H2,1H3,(H,16,18)(H,17,21)(H,19,20)/t11-,12-/m0/s1. The molecule has 1 aromatic rings. The molecular formula is C15H18N2O6. The van der Waals surface area contributed by atoms with Gasteiger partial charge in [-0.05, 0) is 5.56 Å². The minimum atomic E-state index is -1.27. The summed E-state index contributed by atoms with van der Waals surface area (Å²) in [6, 6.07) is 6.68. The van der Waals surface area contributed by atoms with Crippen LogP contribution in [0, 0.1) is 0 Å². The highest BCUT2D eigenvalue weighted by Gasteiger charge is 2.27. The first-order valence-electron chi connectivity index (χ1n) is 6.81. The highest BCUT2D eigenvalue weighted by molar-refractivity contribution is 5.91. The molecular weight excluding hydrogens is 304 g/mol. The molecule has 0 aliphatic carbocycles. The number of hydrogen-bond acceptors (Lipinski definition) is 5. The van der Waals surface area contributed by atoms with Crippen LogP contribution in [0.4, 0.5) is 0 Å². The summed E-state index contributed by atoms with van der Waals surface area (Å²) < 4.78 is 4.65. The van der Waals surface area contributed by atoms with Crippen molar-refractivity contribution >= 4 is 24.3 Å². The quantitative estimate of drug-likeness (QED) is 0.415. The van der Waals surface area contributed by atoms with Gasteiger partial charge < -0.3 is 20.5 Å². The minimum absolute atomic E-state index is 0.181. The first-order valence-corrected chi connectivity index (χ1v) is 6.81. The fourth-order valence-corrected chi connectivity index (χ4v) is 1.94. The Bertz CT molecular complexity index is 560. The zero-order chi connectivity index (χ0) is 17.2. The van der Waals surface area contributed by atoms with Gasteiger partial charge in [-0.2, -0.15) is 0 Å². The van der Waals surface area contributed by atoms with Crippen molar-refractivity contribution in [3.05, 3.63) is 35.9 Å². The molecule has 1 rings (SSSR count). The second-order valence-corrected chi connectivity index (χ2v) is 4.71. The first-order chi connectivity index (χ1) is 11.0. The second kappa shape index (κ2) is 9.19. The van der Waals surface area contributed by atoms with Crippen LogP contribution in [0.15, 0.2) is 30.3 Å². The number of benzene rings is 1. The lowest BCUT2D eigenvalue weighted by Gasteiger charge is -2.20. The van der Waals surface area contributed by atoms with E-state index in [0.717, 1.165) is 5.56 Å². The van der Waals surface area contributed by atoms with Crippen molar-refractivity contribution < 1.29 is 29.0 Å². The first kappa shape index (κ1) is 18.1. The van der Waals surface area contributed by atoms with Crippen LogP contribution in [0.5, 0.6) is 0 Å². The summed E-state index contributed by atoms with van der Waals surface area (Å²) in [6.45, 7) is 0. The van der Waals surface area contributed by atoms with Gasteiger partial charge in [0.05, 0.1) is 13.5 Å². The molecule has 0 aliphatic rings. The molecule has 3 N–H and O–H groups in total. The van der Waals surface area contributed by atoms with Gasteiger partial charge in [0.2, 0.25) is 12.3 Å². The van der Waals surface area contributed by atoms with Crippen LogP contribution in [0.2, 0.25) is 0 Å². The van der Waals surface area contributed by atoms with E-state index in [4.69, 9.17) is 5.11 Å². The van der Waals surface area contributed by atoms with E-state index in [1.54, 1.807) is 24.3 Å². The summed E-state index contributed by atoms with van der Waals surface area (Å²) in [4.78, 5) is 45.1. The molecule has 2 amide bonds. The van der Waals surface area contributed by atoms with Crippen LogP contribution in [0.1, 0.15) is 12.0 Å². The Labute approximate surface area is 132 Å². The number of hydrogen-bond donors (Lipinski definition) is 3. The van der Waals surface area contributed by atoms with Crippen LogP contribution in [0.25, 0.3) is 0 Å². The zero-order valence-electron chi connectivity index (χ0n) is 12.5. The Hall–Kier alpha value is -2.90. The number of nitrogens with one attached hydrogen (secondary N) is 2. The number of carbonyl (C=O) groups is 4. The molecule has 8 heteroatoms. The Morgan fingerprint density at radius 3 is 2.39 bits per heavy atom. The van der Waals surface area contributed by atoms with Gasteiger partial charge in [-0.15, -0.1) is 0 Å². The molecule has 0 aromatic heterocycles. The predicted molar refractivity (Wildman–Crippen MR) is 79.3 cm³/mol.